The summed E-state index contributed by atoms with van der Waals surface area (Å²) in [5, 5.41) is 0. The van der Waals surface area contributed by atoms with Gasteiger partial charge in [-0.2, -0.15) is 0 Å². The lowest BCUT2D eigenvalue weighted by molar-refractivity contribution is -0.143. The average molecular weight is 384 g/mol. The Balaban J connectivity index is 2.99. The van der Waals surface area contributed by atoms with E-state index in [0.29, 0.717) is 5.75 Å². The summed E-state index contributed by atoms with van der Waals surface area (Å²) in [5.41, 5.74) is 0.723. The zero-order valence-corrected chi connectivity index (χ0v) is 15.6. The average Bonchev–Trinajstić information content (AvgIpc) is 2.45. The molecular formula is C17H22BrNO4. The molecule has 0 fully saturated rings. The first-order valence-electron chi connectivity index (χ1n) is 7.38. The van der Waals surface area contributed by atoms with Crippen molar-refractivity contribution >= 4 is 34.1 Å². The van der Waals surface area contributed by atoms with E-state index in [1.165, 1.54) is 7.11 Å². The van der Waals surface area contributed by atoms with Crippen LogP contribution in [0.15, 0.2) is 27.7 Å². The van der Waals surface area contributed by atoms with Crippen LogP contribution in [-0.2, 0) is 14.3 Å². The molecule has 0 aliphatic heterocycles. The van der Waals surface area contributed by atoms with Crippen molar-refractivity contribution in [3.63, 3.8) is 0 Å². The van der Waals surface area contributed by atoms with Crippen LogP contribution in [0.1, 0.15) is 33.3 Å². The van der Waals surface area contributed by atoms with Gasteiger partial charge in [-0.1, -0.05) is 43.6 Å². The second-order valence-corrected chi connectivity index (χ2v) is 6.70. The van der Waals surface area contributed by atoms with Gasteiger partial charge in [-0.3, -0.25) is 9.79 Å². The van der Waals surface area contributed by atoms with Gasteiger partial charge in [-0.05, 0) is 29.7 Å². The smallest absolute Gasteiger partial charge is 0.330 e. The first-order valence-corrected chi connectivity index (χ1v) is 8.17. The van der Waals surface area contributed by atoms with Crippen LogP contribution in [0.3, 0.4) is 0 Å². The van der Waals surface area contributed by atoms with Crippen molar-refractivity contribution in [1.29, 1.82) is 0 Å². The number of ether oxygens (including phenoxy) is 2. The van der Waals surface area contributed by atoms with E-state index in [2.05, 4.69) is 20.9 Å². The standard InChI is InChI=1S/C17H22BrNO4/c1-10(2)15(17(21)22-5)19-9-12-6-13(18)8-14(7-12)23-16(20)11(3)4/h6-11,15H,1-5H3. The van der Waals surface area contributed by atoms with Gasteiger partial charge in [0.15, 0.2) is 0 Å². The number of methoxy groups -OCH3 is 1. The molecule has 1 rings (SSSR count). The highest BCUT2D eigenvalue weighted by Crippen LogP contribution is 2.22. The minimum Gasteiger partial charge on any atom is -0.467 e. The Morgan fingerprint density at radius 1 is 1.13 bits per heavy atom. The molecule has 0 radical (unpaired) electrons. The van der Waals surface area contributed by atoms with E-state index in [9.17, 15) is 9.59 Å². The van der Waals surface area contributed by atoms with Crippen LogP contribution < -0.4 is 4.74 Å². The third-order valence-corrected chi connectivity index (χ3v) is 3.50. The highest BCUT2D eigenvalue weighted by molar-refractivity contribution is 9.10. The van der Waals surface area contributed by atoms with Gasteiger partial charge in [0.2, 0.25) is 0 Å². The molecule has 23 heavy (non-hydrogen) atoms. The summed E-state index contributed by atoms with van der Waals surface area (Å²) < 4.78 is 10.8. The van der Waals surface area contributed by atoms with E-state index in [1.807, 2.05) is 19.9 Å². The van der Waals surface area contributed by atoms with Crippen LogP contribution in [0.2, 0.25) is 0 Å². The molecule has 0 spiro atoms. The number of hydrogen-bond donors (Lipinski definition) is 0. The van der Waals surface area contributed by atoms with Gasteiger partial charge in [0, 0.05) is 10.7 Å². The van der Waals surface area contributed by atoms with Gasteiger partial charge in [0.05, 0.1) is 13.0 Å². The number of halogens is 1. The van der Waals surface area contributed by atoms with Crippen LogP contribution in [-0.4, -0.2) is 31.3 Å². The fourth-order valence-electron chi connectivity index (χ4n) is 1.74. The summed E-state index contributed by atoms with van der Waals surface area (Å²) in [7, 11) is 1.34. The number of carbonyl (C=O) groups is 2. The number of carbonyl (C=O) groups excluding carboxylic acids is 2. The van der Waals surface area contributed by atoms with Crippen LogP contribution in [0.5, 0.6) is 5.75 Å². The van der Waals surface area contributed by atoms with Gasteiger partial charge in [0.1, 0.15) is 11.8 Å². The molecule has 126 valence electrons. The van der Waals surface area contributed by atoms with E-state index in [-0.39, 0.29) is 23.8 Å². The van der Waals surface area contributed by atoms with Crippen molar-refractivity contribution in [2.45, 2.75) is 33.7 Å². The summed E-state index contributed by atoms with van der Waals surface area (Å²) in [6, 6.07) is 4.66. The first kappa shape index (κ1) is 19.4. The van der Waals surface area contributed by atoms with Crippen LogP contribution >= 0.6 is 15.9 Å². The Morgan fingerprint density at radius 3 is 2.30 bits per heavy atom. The van der Waals surface area contributed by atoms with E-state index < -0.39 is 6.04 Å². The summed E-state index contributed by atoms with van der Waals surface area (Å²) in [6.45, 7) is 7.34. The molecular weight excluding hydrogens is 362 g/mol. The second kappa shape index (κ2) is 8.82. The quantitative estimate of drug-likeness (QED) is 0.427. The van der Waals surface area contributed by atoms with Gasteiger partial charge >= 0.3 is 11.9 Å². The summed E-state index contributed by atoms with van der Waals surface area (Å²) >= 11 is 3.37. The van der Waals surface area contributed by atoms with Crippen LogP contribution in [0.4, 0.5) is 0 Å². The fraction of sp³-hybridized carbons (Fsp3) is 0.471. The van der Waals surface area contributed by atoms with E-state index in [4.69, 9.17) is 9.47 Å². The highest BCUT2D eigenvalue weighted by Gasteiger charge is 2.21. The Labute approximate surface area is 145 Å². The summed E-state index contributed by atoms with van der Waals surface area (Å²) in [6.07, 6.45) is 1.58. The predicted octanol–water partition coefficient (Wildman–Crippen LogP) is 3.63. The zero-order valence-electron chi connectivity index (χ0n) is 14.0. The van der Waals surface area contributed by atoms with Crippen molar-refractivity contribution < 1.29 is 19.1 Å². The number of aliphatic imine (C=N–C) groups is 1. The third kappa shape index (κ3) is 6.14. The van der Waals surface area contributed by atoms with Crippen molar-refractivity contribution in [3.8, 4) is 5.75 Å². The molecule has 0 heterocycles. The molecule has 1 unspecified atom stereocenters. The maximum absolute atomic E-state index is 11.7. The van der Waals surface area contributed by atoms with Crippen molar-refractivity contribution in [3.05, 3.63) is 28.2 Å². The van der Waals surface area contributed by atoms with Gasteiger partial charge in [-0.25, -0.2) is 4.79 Å². The summed E-state index contributed by atoms with van der Waals surface area (Å²) in [5.74, 6) is -0.447. The number of rotatable bonds is 6. The normalized spacial score (nSPS) is 12.7. The number of esters is 2. The first-order chi connectivity index (χ1) is 10.7. The Morgan fingerprint density at radius 2 is 1.78 bits per heavy atom. The molecule has 1 aromatic rings. The van der Waals surface area contributed by atoms with Crippen molar-refractivity contribution in [2.24, 2.45) is 16.8 Å². The fourth-order valence-corrected chi connectivity index (χ4v) is 2.23. The number of hydrogen-bond acceptors (Lipinski definition) is 5. The van der Waals surface area contributed by atoms with Crippen molar-refractivity contribution in [1.82, 2.24) is 0 Å². The predicted molar refractivity (Wildman–Crippen MR) is 92.9 cm³/mol. The second-order valence-electron chi connectivity index (χ2n) is 5.79. The lowest BCUT2D eigenvalue weighted by Crippen LogP contribution is -2.26. The molecule has 0 bridgehead atoms. The molecule has 5 nitrogen and oxygen atoms in total. The lowest BCUT2D eigenvalue weighted by Gasteiger charge is -2.13. The molecule has 0 aliphatic rings. The minimum atomic E-state index is -0.569. The van der Waals surface area contributed by atoms with E-state index in [0.717, 1.165) is 10.0 Å². The molecule has 0 amide bonds. The Hall–Kier alpha value is -1.69. The van der Waals surface area contributed by atoms with Gasteiger partial charge in [-0.15, -0.1) is 0 Å². The molecule has 0 N–H and O–H groups in total. The minimum absolute atomic E-state index is 0.0177. The van der Waals surface area contributed by atoms with Crippen molar-refractivity contribution in [2.75, 3.05) is 7.11 Å². The molecule has 0 aromatic heterocycles. The van der Waals surface area contributed by atoms with Crippen LogP contribution in [0.25, 0.3) is 0 Å². The SMILES string of the molecule is COC(=O)C(N=Cc1cc(Br)cc(OC(=O)C(C)C)c1)C(C)C. The maximum atomic E-state index is 11.7. The molecule has 0 aliphatic carbocycles. The van der Waals surface area contributed by atoms with Crippen LogP contribution in [0, 0.1) is 11.8 Å². The highest BCUT2D eigenvalue weighted by atomic mass is 79.9. The molecule has 1 atom stereocenters. The monoisotopic (exact) mass is 383 g/mol. The summed E-state index contributed by atoms with van der Waals surface area (Å²) in [4.78, 5) is 27.7. The molecule has 0 saturated heterocycles. The third-order valence-electron chi connectivity index (χ3n) is 3.04. The largest absolute Gasteiger partial charge is 0.467 e. The Bertz CT molecular complexity index is 596. The Kier molecular flexibility index (Phi) is 7.42. The zero-order chi connectivity index (χ0) is 17.6. The molecule has 0 saturated carbocycles. The van der Waals surface area contributed by atoms with Gasteiger partial charge < -0.3 is 9.47 Å². The number of nitrogens with zero attached hydrogens (tertiary/aromatic N) is 1. The molecule has 6 heteroatoms. The lowest BCUT2D eigenvalue weighted by atomic mass is 10.1. The van der Waals surface area contributed by atoms with Gasteiger partial charge in [0.25, 0.3) is 0 Å². The number of benzene rings is 1. The topological polar surface area (TPSA) is 65.0 Å². The van der Waals surface area contributed by atoms with E-state index in [1.54, 1.807) is 32.2 Å². The molecule has 1 aromatic carbocycles. The van der Waals surface area contributed by atoms with E-state index >= 15 is 0 Å². The maximum Gasteiger partial charge on any atom is 0.330 e.